The Balaban J connectivity index is 2.89. The van der Waals surface area contributed by atoms with Gasteiger partial charge in [-0.3, -0.25) is 4.52 Å². The molecule has 0 aliphatic carbocycles. The molecule has 0 aromatic heterocycles. The molecule has 0 radical (unpaired) electrons. The topological polar surface area (TPSA) is 35.5 Å². The van der Waals surface area contributed by atoms with Crippen molar-refractivity contribution in [2.75, 3.05) is 12.4 Å². The lowest BCUT2D eigenvalue weighted by atomic mass is 10.3. The van der Waals surface area contributed by atoms with Gasteiger partial charge < -0.3 is 4.52 Å². The average Bonchev–Trinajstić information content (AvgIpc) is 2.23. The van der Waals surface area contributed by atoms with E-state index < -0.39 is 6.80 Å². The largest absolute Gasteiger partial charge is 0.440 e. The minimum absolute atomic E-state index is 0.314. The number of benzene rings is 1. The highest BCUT2D eigenvalue weighted by atomic mass is 35.5. The van der Waals surface area contributed by atoms with Crippen LogP contribution in [-0.2, 0) is 9.09 Å². The van der Waals surface area contributed by atoms with Gasteiger partial charge in [-0.2, -0.15) is 0 Å². The molecule has 1 atom stereocenters. The SMILES string of the molecule is CCOP(=O)(Oc1ccc(Cl)cc1Cl)SCC. The van der Waals surface area contributed by atoms with Gasteiger partial charge in [0.1, 0.15) is 5.75 Å². The first-order valence-corrected chi connectivity index (χ1v) is 8.93. The fraction of sp³-hybridized carbons (Fsp3) is 0.400. The minimum Gasteiger partial charge on any atom is -0.415 e. The van der Waals surface area contributed by atoms with Crippen LogP contribution in [0.1, 0.15) is 13.8 Å². The minimum atomic E-state index is -3.19. The van der Waals surface area contributed by atoms with Gasteiger partial charge in [-0.15, -0.1) is 0 Å². The highest BCUT2D eigenvalue weighted by Gasteiger charge is 2.26. The predicted octanol–water partition coefficient (Wildman–Crippen LogP) is 5.27. The molecule has 0 aliphatic rings. The molecular formula is C10H13Cl2O3PS. The molecule has 0 aliphatic heterocycles. The van der Waals surface area contributed by atoms with Crippen LogP contribution in [0.4, 0.5) is 0 Å². The van der Waals surface area contributed by atoms with Gasteiger partial charge >= 0.3 is 6.80 Å². The molecule has 0 bridgehead atoms. The van der Waals surface area contributed by atoms with E-state index in [-0.39, 0.29) is 0 Å². The van der Waals surface area contributed by atoms with E-state index >= 15 is 0 Å². The normalized spacial score (nSPS) is 14.4. The molecule has 0 saturated carbocycles. The molecule has 1 aromatic carbocycles. The number of rotatable bonds is 6. The smallest absolute Gasteiger partial charge is 0.415 e. The Kier molecular flexibility index (Phi) is 6.18. The summed E-state index contributed by atoms with van der Waals surface area (Å²) in [7, 11) is 0. The third kappa shape index (κ3) is 4.72. The molecule has 1 unspecified atom stereocenters. The van der Waals surface area contributed by atoms with Crippen molar-refractivity contribution in [2.45, 2.75) is 13.8 Å². The second-order valence-electron chi connectivity index (χ2n) is 2.95. The molecule has 0 spiro atoms. The first kappa shape index (κ1) is 15.2. The van der Waals surface area contributed by atoms with Crippen LogP contribution in [0.2, 0.25) is 10.0 Å². The molecular weight excluding hydrogens is 302 g/mol. The lowest BCUT2D eigenvalue weighted by Crippen LogP contribution is -1.96. The van der Waals surface area contributed by atoms with E-state index in [0.717, 1.165) is 11.4 Å². The first-order chi connectivity index (χ1) is 8.00. The summed E-state index contributed by atoms with van der Waals surface area (Å²) >= 11 is 12.8. The van der Waals surface area contributed by atoms with Gasteiger partial charge in [0.25, 0.3) is 0 Å². The molecule has 0 amide bonds. The van der Waals surface area contributed by atoms with Crippen molar-refractivity contribution in [3.63, 3.8) is 0 Å². The van der Waals surface area contributed by atoms with Crippen molar-refractivity contribution in [1.82, 2.24) is 0 Å². The maximum absolute atomic E-state index is 12.2. The number of halogens is 2. The second kappa shape index (κ2) is 6.91. The van der Waals surface area contributed by atoms with Gasteiger partial charge in [0.2, 0.25) is 0 Å². The lowest BCUT2D eigenvalue weighted by molar-refractivity contribution is 0.296. The average molecular weight is 315 g/mol. The fourth-order valence-corrected chi connectivity index (χ4v) is 4.68. The Labute approximate surface area is 115 Å². The fourth-order valence-electron chi connectivity index (χ4n) is 1.08. The van der Waals surface area contributed by atoms with Gasteiger partial charge in [-0.25, -0.2) is 4.57 Å². The molecule has 1 aromatic rings. The predicted molar refractivity (Wildman–Crippen MR) is 74.5 cm³/mol. The van der Waals surface area contributed by atoms with E-state index in [0.29, 0.717) is 28.2 Å². The van der Waals surface area contributed by atoms with Crippen LogP contribution in [0.15, 0.2) is 18.2 Å². The van der Waals surface area contributed by atoms with Gasteiger partial charge in [-0.1, -0.05) is 30.1 Å². The van der Waals surface area contributed by atoms with Crippen LogP contribution in [0.25, 0.3) is 0 Å². The van der Waals surface area contributed by atoms with E-state index in [1.807, 2.05) is 6.92 Å². The van der Waals surface area contributed by atoms with Gasteiger partial charge in [0, 0.05) is 10.8 Å². The summed E-state index contributed by atoms with van der Waals surface area (Å²) in [4.78, 5) is 0. The first-order valence-electron chi connectivity index (χ1n) is 5.04. The van der Waals surface area contributed by atoms with E-state index in [4.69, 9.17) is 32.2 Å². The molecule has 7 heteroatoms. The van der Waals surface area contributed by atoms with Crippen molar-refractivity contribution < 1.29 is 13.6 Å². The molecule has 0 heterocycles. The van der Waals surface area contributed by atoms with Crippen molar-refractivity contribution in [3.8, 4) is 5.75 Å². The quantitative estimate of drug-likeness (QED) is 0.670. The summed E-state index contributed by atoms with van der Waals surface area (Å²) in [5.74, 6) is 0.941. The van der Waals surface area contributed by atoms with E-state index in [9.17, 15) is 4.57 Å². The highest BCUT2D eigenvalue weighted by Crippen LogP contribution is 2.60. The Morgan fingerprint density at radius 2 is 2.06 bits per heavy atom. The number of hydrogen-bond acceptors (Lipinski definition) is 4. The van der Waals surface area contributed by atoms with Gasteiger partial charge in [0.05, 0.1) is 11.6 Å². The van der Waals surface area contributed by atoms with Crippen LogP contribution in [0.3, 0.4) is 0 Å². The zero-order valence-electron chi connectivity index (χ0n) is 9.48. The summed E-state index contributed by atoms with van der Waals surface area (Å²) in [5.41, 5.74) is 0. The van der Waals surface area contributed by atoms with Gasteiger partial charge in [-0.05, 0) is 36.5 Å². The molecule has 0 fully saturated rings. The van der Waals surface area contributed by atoms with Crippen molar-refractivity contribution in [2.24, 2.45) is 0 Å². The van der Waals surface area contributed by atoms with Crippen LogP contribution in [0.5, 0.6) is 5.75 Å². The monoisotopic (exact) mass is 314 g/mol. The lowest BCUT2D eigenvalue weighted by Gasteiger charge is -2.17. The zero-order chi connectivity index (χ0) is 12.9. The summed E-state index contributed by atoms with van der Waals surface area (Å²) in [5, 5.41) is 0.811. The maximum Gasteiger partial charge on any atom is 0.440 e. The van der Waals surface area contributed by atoms with E-state index in [2.05, 4.69) is 0 Å². The van der Waals surface area contributed by atoms with E-state index in [1.54, 1.807) is 19.1 Å². The molecule has 3 nitrogen and oxygen atoms in total. The Morgan fingerprint density at radius 1 is 1.35 bits per heavy atom. The third-order valence-electron chi connectivity index (χ3n) is 1.68. The Morgan fingerprint density at radius 3 is 2.59 bits per heavy atom. The molecule has 0 saturated heterocycles. The summed E-state index contributed by atoms with van der Waals surface area (Å²) < 4.78 is 22.8. The molecule has 96 valence electrons. The van der Waals surface area contributed by atoms with Gasteiger partial charge in [0.15, 0.2) is 0 Å². The summed E-state index contributed by atoms with van der Waals surface area (Å²) in [6.45, 7) is 0.759. The van der Waals surface area contributed by atoms with E-state index in [1.165, 1.54) is 6.07 Å². The molecule has 17 heavy (non-hydrogen) atoms. The van der Waals surface area contributed by atoms with Crippen molar-refractivity contribution >= 4 is 41.4 Å². The van der Waals surface area contributed by atoms with Crippen molar-refractivity contribution in [1.29, 1.82) is 0 Å². The van der Waals surface area contributed by atoms with Crippen molar-refractivity contribution in [3.05, 3.63) is 28.2 Å². The molecule has 1 rings (SSSR count). The Hall–Kier alpha value is 0.140. The maximum atomic E-state index is 12.2. The van der Waals surface area contributed by atoms with Crippen LogP contribution < -0.4 is 4.52 Å². The standard InChI is InChI=1S/C10H13Cl2O3PS/c1-3-14-16(13,17-4-2)15-10-6-5-8(11)7-9(10)12/h5-7H,3-4H2,1-2H3. The van der Waals surface area contributed by atoms with Crippen LogP contribution in [-0.4, -0.2) is 12.4 Å². The zero-order valence-corrected chi connectivity index (χ0v) is 12.7. The van der Waals surface area contributed by atoms with Crippen LogP contribution in [0, 0.1) is 0 Å². The summed E-state index contributed by atoms with van der Waals surface area (Å²) in [6, 6.07) is 4.73. The molecule has 0 N–H and O–H groups in total. The summed E-state index contributed by atoms with van der Waals surface area (Å²) in [6.07, 6.45) is 0. The third-order valence-corrected chi connectivity index (χ3v) is 6.04. The Bertz CT molecular complexity index is 418. The van der Waals surface area contributed by atoms with Crippen LogP contribution >= 0.6 is 41.4 Å². The number of hydrogen-bond donors (Lipinski definition) is 0. The second-order valence-corrected chi connectivity index (χ2v) is 8.08. The highest BCUT2D eigenvalue weighted by molar-refractivity contribution is 8.55.